The molecule has 1 aromatic carbocycles. The lowest BCUT2D eigenvalue weighted by molar-refractivity contribution is -0.384. The Morgan fingerprint density at radius 2 is 2.12 bits per heavy atom. The third-order valence-corrected chi connectivity index (χ3v) is 5.17. The number of carbonyl (C=O) groups is 1. The van der Waals surface area contributed by atoms with E-state index in [1.165, 1.54) is 29.9 Å². The van der Waals surface area contributed by atoms with E-state index in [-0.39, 0.29) is 11.6 Å². The first-order valence-corrected chi connectivity index (χ1v) is 9.51. The molecule has 1 aliphatic rings. The van der Waals surface area contributed by atoms with Crippen molar-refractivity contribution in [1.82, 2.24) is 9.88 Å². The van der Waals surface area contributed by atoms with Gasteiger partial charge in [-0.3, -0.25) is 19.8 Å². The fraction of sp³-hybridized carbons (Fsp3) is 0.444. The van der Waals surface area contributed by atoms with Crippen molar-refractivity contribution in [2.24, 2.45) is 11.8 Å². The van der Waals surface area contributed by atoms with Gasteiger partial charge in [-0.15, -0.1) is 11.3 Å². The molecule has 0 unspecified atom stereocenters. The molecule has 2 heterocycles. The molecule has 26 heavy (non-hydrogen) atoms. The largest absolute Gasteiger partial charge is 0.301 e. The average Bonchev–Trinajstić information content (AvgIpc) is 3.02. The zero-order valence-corrected chi connectivity index (χ0v) is 15.7. The molecule has 7 nitrogen and oxygen atoms in total. The average molecular weight is 374 g/mol. The Kier molecular flexibility index (Phi) is 5.63. The second-order valence-electron chi connectivity index (χ2n) is 7.03. The number of hydrogen-bond acceptors (Lipinski definition) is 6. The second kappa shape index (κ2) is 7.92. The number of aromatic nitrogens is 1. The summed E-state index contributed by atoms with van der Waals surface area (Å²) >= 11 is 1.32. The number of benzene rings is 1. The number of likely N-dealkylation sites (tertiary alicyclic amines) is 1. The summed E-state index contributed by atoms with van der Waals surface area (Å²) in [6, 6.07) is 6.32. The molecule has 0 spiro atoms. The maximum absolute atomic E-state index is 12.3. The van der Waals surface area contributed by atoms with E-state index >= 15 is 0 Å². The number of non-ortho nitro benzene ring substituents is 1. The first-order chi connectivity index (χ1) is 12.4. The second-order valence-corrected chi connectivity index (χ2v) is 7.89. The van der Waals surface area contributed by atoms with Crippen LogP contribution in [0.3, 0.4) is 0 Å². The van der Waals surface area contributed by atoms with Crippen molar-refractivity contribution in [3.05, 3.63) is 39.8 Å². The van der Waals surface area contributed by atoms with Gasteiger partial charge in [-0.05, 0) is 18.3 Å². The van der Waals surface area contributed by atoms with Crippen molar-refractivity contribution in [3.8, 4) is 11.3 Å². The molecular formula is C18H22N4O3S. The minimum absolute atomic E-state index is 0.0226. The van der Waals surface area contributed by atoms with Crippen LogP contribution in [0.1, 0.15) is 20.3 Å². The van der Waals surface area contributed by atoms with E-state index in [0.717, 1.165) is 13.1 Å². The van der Waals surface area contributed by atoms with Gasteiger partial charge in [-0.1, -0.05) is 26.0 Å². The number of hydrogen-bond donors (Lipinski definition) is 1. The number of anilines is 1. The summed E-state index contributed by atoms with van der Waals surface area (Å²) in [4.78, 5) is 29.3. The highest BCUT2D eigenvalue weighted by molar-refractivity contribution is 7.14. The molecule has 0 saturated carbocycles. The van der Waals surface area contributed by atoms with Crippen LogP contribution in [0.4, 0.5) is 10.8 Å². The van der Waals surface area contributed by atoms with Crippen LogP contribution in [0.2, 0.25) is 0 Å². The Morgan fingerprint density at radius 1 is 1.38 bits per heavy atom. The number of nitro groups is 1. The van der Waals surface area contributed by atoms with Crippen LogP contribution >= 0.6 is 11.3 Å². The van der Waals surface area contributed by atoms with Gasteiger partial charge in [0.1, 0.15) is 0 Å². The Hall–Kier alpha value is -2.32. The summed E-state index contributed by atoms with van der Waals surface area (Å²) < 4.78 is 0. The summed E-state index contributed by atoms with van der Waals surface area (Å²) in [5.41, 5.74) is 1.30. The van der Waals surface area contributed by atoms with Crippen LogP contribution in [0.15, 0.2) is 29.6 Å². The third-order valence-electron chi connectivity index (χ3n) is 4.41. The molecule has 2 atom stereocenters. The van der Waals surface area contributed by atoms with Crippen molar-refractivity contribution < 1.29 is 9.72 Å². The van der Waals surface area contributed by atoms with E-state index < -0.39 is 4.92 Å². The Labute approximate surface area is 156 Å². The lowest BCUT2D eigenvalue weighted by Gasteiger charge is -2.34. The van der Waals surface area contributed by atoms with Crippen LogP contribution in [0, 0.1) is 22.0 Å². The predicted octanol–water partition coefficient (Wildman–Crippen LogP) is 3.63. The van der Waals surface area contributed by atoms with Crippen LogP contribution in [-0.4, -0.2) is 40.3 Å². The Bertz CT molecular complexity index is 797. The van der Waals surface area contributed by atoms with Gasteiger partial charge in [0.2, 0.25) is 5.91 Å². The van der Waals surface area contributed by atoms with Gasteiger partial charge in [0.05, 0.1) is 17.2 Å². The lowest BCUT2D eigenvalue weighted by Crippen LogP contribution is -2.42. The lowest BCUT2D eigenvalue weighted by atomic mass is 9.92. The zero-order valence-electron chi connectivity index (χ0n) is 14.8. The fourth-order valence-electron chi connectivity index (χ4n) is 3.53. The molecule has 1 aromatic heterocycles. The molecule has 0 bridgehead atoms. The van der Waals surface area contributed by atoms with Gasteiger partial charge >= 0.3 is 0 Å². The number of thiazole rings is 1. The van der Waals surface area contributed by atoms with Crippen LogP contribution in [-0.2, 0) is 4.79 Å². The Balaban J connectivity index is 1.62. The smallest absolute Gasteiger partial charge is 0.270 e. The fourth-order valence-corrected chi connectivity index (χ4v) is 4.26. The molecule has 0 radical (unpaired) electrons. The number of piperidine rings is 1. The van der Waals surface area contributed by atoms with Crippen molar-refractivity contribution in [1.29, 1.82) is 0 Å². The monoisotopic (exact) mass is 374 g/mol. The van der Waals surface area contributed by atoms with E-state index in [1.54, 1.807) is 17.5 Å². The molecule has 1 aliphatic heterocycles. The van der Waals surface area contributed by atoms with Crippen molar-refractivity contribution in [3.63, 3.8) is 0 Å². The number of amides is 1. The van der Waals surface area contributed by atoms with E-state index in [2.05, 4.69) is 29.0 Å². The van der Waals surface area contributed by atoms with Gasteiger partial charge in [-0.2, -0.15) is 0 Å². The topological polar surface area (TPSA) is 88.4 Å². The van der Waals surface area contributed by atoms with Crippen molar-refractivity contribution in [2.45, 2.75) is 20.3 Å². The number of nitrogens with zero attached hydrogens (tertiary/aromatic N) is 3. The van der Waals surface area contributed by atoms with Crippen molar-refractivity contribution in [2.75, 3.05) is 25.0 Å². The van der Waals surface area contributed by atoms with Crippen LogP contribution in [0.5, 0.6) is 0 Å². The first-order valence-electron chi connectivity index (χ1n) is 8.63. The quantitative estimate of drug-likeness (QED) is 0.638. The number of nitro benzene ring substituents is 1. The van der Waals surface area contributed by atoms with E-state index in [9.17, 15) is 14.9 Å². The number of rotatable bonds is 5. The standard InChI is InChI=1S/C18H22N4O3S/c1-12-6-13(2)9-21(8-12)10-17(23)20-18-19-16(11-26-18)14-4-3-5-15(7-14)22(24)25/h3-5,7,11-13H,6,8-10H2,1-2H3,(H,19,20,23)/t12-,13+. The molecule has 138 valence electrons. The van der Waals surface area contributed by atoms with Crippen LogP contribution < -0.4 is 5.32 Å². The highest BCUT2D eigenvalue weighted by Gasteiger charge is 2.23. The van der Waals surface area contributed by atoms with Crippen molar-refractivity contribution >= 4 is 28.1 Å². The van der Waals surface area contributed by atoms with Gasteiger partial charge in [0.15, 0.2) is 5.13 Å². The van der Waals surface area contributed by atoms with Gasteiger partial charge in [0.25, 0.3) is 5.69 Å². The molecular weight excluding hydrogens is 352 g/mol. The summed E-state index contributed by atoms with van der Waals surface area (Å²) in [6.07, 6.45) is 1.21. The third kappa shape index (κ3) is 4.64. The molecule has 1 amide bonds. The summed E-state index contributed by atoms with van der Waals surface area (Å²) in [7, 11) is 0. The molecule has 3 rings (SSSR count). The minimum atomic E-state index is -0.431. The molecule has 1 N–H and O–H groups in total. The predicted molar refractivity (Wildman–Crippen MR) is 102 cm³/mol. The minimum Gasteiger partial charge on any atom is -0.301 e. The van der Waals surface area contributed by atoms with Gasteiger partial charge in [-0.25, -0.2) is 4.98 Å². The summed E-state index contributed by atoms with van der Waals surface area (Å²) in [6.45, 7) is 6.67. The molecule has 1 fully saturated rings. The highest BCUT2D eigenvalue weighted by Crippen LogP contribution is 2.27. The molecule has 0 aliphatic carbocycles. The van der Waals surface area contributed by atoms with E-state index in [0.29, 0.717) is 34.8 Å². The number of carbonyl (C=O) groups excluding carboxylic acids is 1. The molecule has 8 heteroatoms. The zero-order chi connectivity index (χ0) is 18.7. The summed E-state index contributed by atoms with van der Waals surface area (Å²) in [5, 5.41) is 16.0. The molecule has 1 saturated heterocycles. The van der Waals surface area contributed by atoms with E-state index in [4.69, 9.17) is 0 Å². The highest BCUT2D eigenvalue weighted by atomic mass is 32.1. The maximum Gasteiger partial charge on any atom is 0.270 e. The SMILES string of the molecule is C[C@@H]1C[C@H](C)CN(CC(=O)Nc2nc(-c3cccc([N+](=O)[O-])c3)cs2)C1. The summed E-state index contributed by atoms with van der Waals surface area (Å²) in [5.74, 6) is 1.13. The Morgan fingerprint density at radius 3 is 2.81 bits per heavy atom. The van der Waals surface area contributed by atoms with Gasteiger partial charge in [0, 0.05) is 36.2 Å². The van der Waals surface area contributed by atoms with Crippen LogP contribution in [0.25, 0.3) is 11.3 Å². The number of nitrogens with one attached hydrogen (secondary N) is 1. The van der Waals surface area contributed by atoms with Gasteiger partial charge < -0.3 is 5.32 Å². The van der Waals surface area contributed by atoms with E-state index in [1.807, 2.05) is 0 Å². The molecule has 2 aromatic rings. The maximum atomic E-state index is 12.3. The first kappa shape index (κ1) is 18.5. The normalized spacial score (nSPS) is 20.7.